The van der Waals surface area contributed by atoms with E-state index in [4.69, 9.17) is 16.3 Å². The first-order chi connectivity index (χ1) is 12.9. The number of anilines is 2. The molecule has 27 heavy (non-hydrogen) atoms. The molecule has 0 fully saturated rings. The molecule has 0 saturated carbocycles. The van der Waals surface area contributed by atoms with Gasteiger partial charge < -0.3 is 10.1 Å². The van der Waals surface area contributed by atoms with Gasteiger partial charge in [-0.15, -0.1) is 21.5 Å². The Hall–Kier alpha value is -2.49. The number of carbonyl (C=O) groups is 2. The molecule has 3 heterocycles. The Bertz CT molecular complexity index is 1020. The van der Waals surface area contributed by atoms with Crippen LogP contribution >= 0.6 is 34.3 Å². The minimum Gasteiger partial charge on any atom is -0.466 e. The third-order valence-electron chi connectivity index (χ3n) is 3.96. The highest BCUT2D eigenvalue weighted by molar-refractivity contribution is 7.15. The smallest absolute Gasteiger partial charge is 0.280 e. The molecule has 0 saturated heterocycles. The van der Waals surface area contributed by atoms with Crippen LogP contribution in [0.2, 0.25) is 5.02 Å². The molecule has 2 N–H and O–H groups in total. The van der Waals surface area contributed by atoms with Crippen LogP contribution in [0, 0.1) is 0 Å². The maximum Gasteiger partial charge on any atom is 0.280 e. The number of benzene rings is 1. The lowest BCUT2D eigenvalue weighted by Crippen LogP contribution is -2.56. The van der Waals surface area contributed by atoms with Crippen LogP contribution in [-0.4, -0.2) is 27.6 Å². The number of thiophene rings is 1. The molecule has 2 aromatic heterocycles. The van der Waals surface area contributed by atoms with Gasteiger partial charge in [0.15, 0.2) is 0 Å². The van der Waals surface area contributed by atoms with Gasteiger partial charge in [-0.25, -0.2) is 0 Å². The van der Waals surface area contributed by atoms with Crippen LogP contribution in [0.1, 0.15) is 16.8 Å². The number of hydrogen-bond acceptors (Lipinski definition) is 7. The summed E-state index contributed by atoms with van der Waals surface area (Å²) in [6.07, 6.45) is 0.646. The number of amides is 2. The normalized spacial score (nSPS) is 18.4. The summed E-state index contributed by atoms with van der Waals surface area (Å²) in [5.74, 6) is -0.843. The van der Waals surface area contributed by atoms with Crippen molar-refractivity contribution in [2.75, 3.05) is 10.6 Å². The van der Waals surface area contributed by atoms with Crippen molar-refractivity contribution in [1.29, 1.82) is 0 Å². The minimum absolute atomic E-state index is 0.311. The second-order valence-electron chi connectivity index (χ2n) is 5.94. The summed E-state index contributed by atoms with van der Waals surface area (Å²) in [4.78, 5) is 26.3. The monoisotopic (exact) mass is 420 g/mol. The van der Waals surface area contributed by atoms with Gasteiger partial charge in [-0.1, -0.05) is 29.0 Å². The number of aromatic nitrogens is 2. The van der Waals surface area contributed by atoms with Crippen molar-refractivity contribution in [3.63, 3.8) is 0 Å². The minimum atomic E-state index is -1.74. The van der Waals surface area contributed by atoms with Gasteiger partial charge in [-0.2, -0.15) is 0 Å². The quantitative estimate of drug-likeness (QED) is 0.629. The zero-order valence-corrected chi connectivity index (χ0v) is 16.4. The molecule has 0 bridgehead atoms. The van der Waals surface area contributed by atoms with Crippen LogP contribution in [0.15, 0.2) is 35.7 Å². The molecule has 3 aromatic rings. The van der Waals surface area contributed by atoms with Crippen molar-refractivity contribution in [2.24, 2.45) is 0 Å². The molecule has 7 nitrogen and oxygen atoms in total. The van der Waals surface area contributed by atoms with Gasteiger partial charge in [0, 0.05) is 16.3 Å². The van der Waals surface area contributed by atoms with Crippen LogP contribution in [0.5, 0.6) is 5.75 Å². The van der Waals surface area contributed by atoms with Gasteiger partial charge >= 0.3 is 0 Å². The Morgan fingerprint density at radius 2 is 2.22 bits per heavy atom. The van der Waals surface area contributed by atoms with E-state index in [2.05, 4.69) is 20.8 Å². The highest BCUT2D eigenvalue weighted by Crippen LogP contribution is 2.36. The van der Waals surface area contributed by atoms with E-state index in [1.165, 1.54) is 18.3 Å². The molecule has 4 rings (SSSR count). The SMILES string of the molecule is CC1(C(=O)Nc2nnc(Cc3cccs3)s2)Oc2ccc(Cl)cc2NC1=O. The third kappa shape index (κ3) is 3.53. The van der Waals surface area contributed by atoms with E-state index in [1.807, 2.05) is 17.5 Å². The molecule has 0 radical (unpaired) electrons. The average Bonchev–Trinajstić information content (AvgIpc) is 3.29. The second-order valence-corrected chi connectivity index (χ2v) is 8.47. The van der Waals surface area contributed by atoms with Crippen LogP contribution < -0.4 is 15.4 Å². The molecule has 1 atom stereocenters. The molecule has 2 amide bonds. The van der Waals surface area contributed by atoms with Gasteiger partial charge in [0.1, 0.15) is 10.8 Å². The highest BCUT2D eigenvalue weighted by Gasteiger charge is 2.47. The van der Waals surface area contributed by atoms with Crippen molar-refractivity contribution < 1.29 is 14.3 Å². The number of nitrogens with one attached hydrogen (secondary N) is 2. The Kier molecular flexibility index (Phi) is 4.58. The number of fused-ring (bicyclic) bond motifs is 1. The summed E-state index contributed by atoms with van der Waals surface area (Å²) in [6.45, 7) is 1.41. The number of nitrogens with zero attached hydrogens (tertiary/aromatic N) is 2. The maximum absolute atomic E-state index is 12.7. The Morgan fingerprint density at radius 1 is 1.37 bits per heavy atom. The zero-order valence-electron chi connectivity index (χ0n) is 14.0. The number of ether oxygens (including phenoxy) is 1. The molecule has 1 aliphatic rings. The molecule has 0 aliphatic carbocycles. The fourth-order valence-corrected chi connectivity index (χ4v) is 4.23. The lowest BCUT2D eigenvalue weighted by atomic mass is 10.0. The van der Waals surface area contributed by atoms with E-state index in [0.29, 0.717) is 28.0 Å². The van der Waals surface area contributed by atoms with E-state index in [1.54, 1.807) is 29.5 Å². The van der Waals surface area contributed by atoms with Crippen molar-refractivity contribution in [2.45, 2.75) is 18.9 Å². The maximum atomic E-state index is 12.7. The standard InChI is InChI=1S/C17H13ClN4O3S2/c1-17(14(23)19-11-7-9(18)4-5-12(11)25-17)15(24)20-16-22-21-13(27-16)8-10-3-2-6-26-10/h2-7H,8H2,1H3,(H,19,23)(H,20,22,24). The van der Waals surface area contributed by atoms with Crippen LogP contribution in [0.3, 0.4) is 0 Å². The van der Waals surface area contributed by atoms with Gasteiger partial charge in [0.25, 0.3) is 17.4 Å². The molecule has 1 aliphatic heterocycles. The molecule has 138 valence electrons. The van der Waals surface area contributed by atoms with Crippen LogP contribution in [-0.2, 0) is 16.0 Å². The molecule has 1 unspecified atom stereocenters. The Morgan fingerprint density at radius 3 is 3.00 bits per heavy atom. The first kappa shape index (κ1) is 17.9. The van der Waals surface area contributed by atoms with E-state index in [9.17, 15) is 9.59 Å². The van der Waals surface area contributed by atoms with E-state index in [0.717, 1.165) is 9.88 Å². The van der Waals surface area contributed by atoms with Crippen molar-refractivity contribution in [3.8, 4) is 5.75 Å². The molecular weight excluding hydrogens is 408 g/mol. The van der Waals surface area contributed by atoms with E-state index < -0.39 is 17.4 Å². The first-order valence-corrected chi connectivity index (χ1v) is 9.98. The molecular formula is C17H13ClN4O3S2. The summed E-state index contributed by atoms with van der Waals surface area (Å²) in [5.41, 5.74) is -1.31. The van der Waals surface area contributed by atoms with E-state index in [-0.39, 0.29) is 0 Å². The van der Waals surface area contributed by atoms with Gasteiger partial charge in [-0.3, -0.25) is 14.9 Å². The summed E-state index contributed by atoms with van der Waals surface area (Å²) in [7, 11) is 0. The molecule has 1 aromatic carbocycles. The van der Waals surface area contributed by atoms with Gasteiger partial charge in [-0.05, 0) is 36.6 Å². The number of hydrogen-bond donors (Lipinski definition) is 2. The summed E-state index contributed by atoms with van der Waals surface area (Å²) >= 11 is 8.80. The fraction of sp³-hybridized carbons (Fsp3) is 0.176. The highest BCUT2D eigenvalue weighted by atomic mass is 35.5. The van der Waals surface area contributed by atoms with E-state index >= 15 is 0 Å². The lowest BCUT2D eigenvalue weighted by Gasteiger charge is -2.32. The summed E-state index contributed by atoms with van der Waals surface area (Å²) < 4.78 is 5.69. The molecule has 0 spiro atoms. The van der Waals surface area contributed by atoms with Gasteiger partial charge in [0.05, 0.1) is 5.69 Å². The number of carbonyl (C=O) groups excluding carboxylic acids is 2. The largest absolute Gasteiger partial charge is 0.466 e. The van der Waals surface area contributed by atoms with Crippen molar-refractivity contribution in [3.05, 3.63) is 50.6 Å². The average molecular weight is 421 g/mol. The summed E-state index contributed by atoms with van der Waals surface area (Å²) in [6, 6.07) is 8.77. The third-order valence-corrected chi connectivity index (χ3v) is 5.91. The summed E-state index contributed by atoms with van der Waals surface area (Å²) in [5, 5.41) is 16.9. The zero-order chi connectivity index (χ0) is 19.0. The second kappa shape index (κ2) is 6.91. The van der Waals surface area contributed by atoms with Crippen LogP contribution in [0.4, 0.5) is 10.8 Å². The predicted molar refractivity (Wildman–Crippen MR) is 105 cm³/mol. The van der Waals surface area contributed by atoms with Gasteiger partial charge in [0.2, 0.25) is 5.13 Å². The lowest BCUT2D eigenvalue weighted by molar-refractivity contribution is -0.143. The Labute approximate surface area is 167 Å². The van der Waals surface area contributed by atoms with Crippen molar-refractivity contribution >= 4 is 56.9 Å². The molecule has 10 heteroatoms. The van der Waals surface area contributed by atoms with Crippen molar-refractivity contribution in [1.82, 2.24) is 10.2 Å². The number of rotatable bonds is 4. The fourth-order valence-electron chi connectivity index (χ4n) is 2.50. The first-order valence-electron chi connectivity index (χ1n) is 7.90. The Balaban J connectivity index is 1.50. The topological polar surface area (TPSA) is 93.2 Å². The number of halogens is 1. The van der Waals surface area contributed by atoms with Crippen LogP contribution in [0.25, 0.3) is 0 Å². The predicted octanol–water partition coefficient (Wildman–Crippen LogP) is 3.57.